The maximum Gasteiger partial charge on any atom is 0.126 e. The molecule has 0 N–H and O–H groups in total. The van der Waals surface area contributed by atoms with Crippen molar-refractivity contribution in [2.24, 2.45) is 0 Å². The number of hydrogen-bond donors (Lipinski definition) is 0. The summed E-state index contributed by atoms with van der Waals surface area (Å²) in [5.41, 5.74) is 1.17. The van der Waals surface area contributed by atoms with Crippen LogP contribution in [0.4, 0.5) is 0 Å². The Balaban J connectivity index is 2.03. The predicted octanol–water partition coefficient (Wildman–Crippen LogP) is 3.19. The van der Waals surface area contributed by atoms with Gasteiger partial charge in [0.05, 0.1) is 0 Å². The van der Waals surface area contributed by atoms with Crippen LogP contribution in [0.2, 0.25) is 0 Å². The first-order valence-electron chi connectivity index (χ1n) is 6.36. The zero-order chi connectivity index (χ0) is 12.1. The third-order valence-corrected chi connectivity index (χ3v) is 3.22. The third kappa shape index (κ3) is 3.34. The number of ether oxygens (including phenoxy) is 1. The second-order valence-corrected chi connectivity index (χ2v) is 4.66. The molecule has 92 valence electrons. The molecule has 17 heavy (non-hydrogen) atoms. The number of para-hydroxylation sites is 1. The van der Waals surface area contributed by atoms with Gasteiger partial charge in [0.1, 0.15) is 11.9 Å². The fraction of sp³-hybridized carbons (Fsp3) is 0.467. The van der Waals surface area contributed by atoms with E-state index >= 15 is 0 Å². The molecule has 1 fully saturated rings. The Labute approximate surface area is 104 Å². The summed E-state index contributed by atoms with van der Waals surface area (Å²) in [5.74, 6) is 1.01. The van der Waals surface area contributed by atoms with Gasteiger partial charge in [0.15, 0.2) is 0 Å². The van der Waals surface area contributed by atoms with Crippen LogP contribution in [-0.4, -0.2) is 31.1 Å². The molecule has 2 rings (SSSR count). The molecule has 0 bridgehead atoms. The van der Waals surface area contributed by atoms with Crippen molar-refractivity contribution in [1.82, 2.24) is 4.90 Å². The van der Waals surface area contributed by atoms with Gasteiger partial charge in [-0.1, -0.05) is 30.4 Å². The van der Waals surface area contributed by atoms with Crippen molar-refractivity contribution in [2.45, 2.75) is 25.9 Å². The smallest absolute Gasteiger partial charge is 0.126 e. The van der Waals surface area contributed by atoms with Crippen molar-refractivity contribution >= 4 is 6.08 Å². The van der Waals surface area contributed by atoms with E-state index in [1.54, 1.807) is 0 Å². The van der Waals surface area contributed by atoms with Crippen molar-refractivity contribution < 1.29 is 4.74 Å². The van der Waals surface area contributed by atoms with E-state index in [2.05, 4.69) is 42.3 Å². The van der Waals surface area contributed by atoms with Crippen molar-refractivity contribution in [2.75, 3.05) is 20.1 Å². The molecule has 0 aliphatic carbocycles. The number of rotatable bonds is 3. The molecule has 0 amide bonds. The maximum atomic E-state index is 6.11. The molecule has 2 nitrogen and oxygen atoms in total. The van der Waals surface area contributed by atoms with Gasteiger partial charge >= 0.3 is 0 Å². The van der Waals surface area contributed by atoms with Crippen LogP contribution < -0.4 is 4.74 Å². The molecule has 0 atom stereocenters. The van der Waals surface area contributed by atoms with Crippen molar-refractivity contribution in [3.05, 3.63) is 35.9 Å². The Kier molecular flexibility index (Phi) is 4.21. The average Bonchev–Trinajstić information content (AvgIpc) is 2.35. The molecule has 1 aliphatic rings. The SMILES string of the molecule is CC=Cc1ccccc1OC1CCN(C)CC1. The largest absolute Gasteiger partial charge is 0.490 e. The Morgan fingerprint density at radius 3 is 2.65 bits per heavy atom. The fourth-order valence-corrected chi connectivity index (χ4v) is 2.19. The predicted molar refractivity (Wildman–Crippen MR) is 72.3 cm³/mol. The highest BCUT2D eigenvalue weighted by Crippen LogP contribution is 2.23. The molecule has 0 radical (unpaired) electrons. The van der Waals surface area contributed by atoms with Gasteiger partial charge in [-0.05, 0) is 32.9 Å². The molecule has 2 heteroatoms. The minimum atomic E-state index is 0.373. The van der Waals surface area contributed by atoms with Crippen LogP contribution in [0, 0.1) is 0 Å². The topological polar surface area (TPSA) is 12.5 Å². The minimum Gasteiger partial charge on any atom is -0.490 e. The molecule has 1 aromatic carbocycles. The Bertz CT molecular complexity index is 378. The molecule has 1 aromatic rings. The number of likely N-dealkylation sites (tertiary alicyclic amines) is 1. The summed E-state index contributed by atoms with van der Waals surface area (Å²) in [5, 5.41) is 0. The second-order valence-electron chi connectivity index (χ2n) is 4.66. The van der Waals surface area contributed by atoms with Crippen LogP contribution in [0.3, 0.4) is 0 Å². The zero-order valence-electron chi connectivity index (χ0n) is 10.7. The summed E-state index contributed by atoms with van der Waals surface area (Å²) in [4.78, 5) is 2.36. The first-order valence-corrected chi connectivity index (χ1v) is 6.36. The van der Waals surface area contributed by atoms with E-state index in [0.717, 1.165) is 31.7 Å². The highest BCUT2D eigenvalue weighted by atomic mass is 16.5. The Hall–Kier alpha value is -1.28. The standard InChI is InChI=1S/C15H21NO/c1-3-6-13-7-4-5-8-15(13)17-14-9-11-16(2)12-10-14/h3-8,14H,9-12H2,1-2H3. The van der Waals surface area contributed by atoms with E-state index in [9.17, 15) is 0 Å². The quantitative estimate of drug-likeness (QED) is 0.792. The van der Waals surface area contributed by atoms with E-state index < -0.39 is 0 Å². The summed E-state index contributed by atoms with van der Waals surface area (Å²) >= 11 is 0. The minimum absolute atomic E-state index is 0.373. The van der Waals surface area contributed by atoms with E-state index in [4.69, 9.17) is 4.74 Å². The normalized spacial score (nSPS) is 18.7. The molecular formula is C15H21NO. The Morgan fingerprint density at radius 1 is 1.24 bits per heavy atom. The molecule has 0 spiro atoms. The maximum absolute atomic E-state index is 6.11. The van der Waals surface area contributed by atoms with Crippen LogP contribution in [-0.2, 0) is 0 Å². The van der Waals surface area contributed by atoms with Crippen LogP contribution in [0.15, 0.2) is 30.3 Å². The van der Waals surface area contributed by atoms with Gasteiger partial charge < -0.3 is 9.64 Å². The van der Waals surface area contributed by atoms with Gasteiger partial charge in [-0.3, -0.25) is 0 Å². The van der Waals surface area contributed by atoms with Crippen LogP contribution >= 0.6 is 0 Å². The fourth-order valence-electron chi connectivity index (χ4n) is 2.19. The number of allylic oxidation sites excluding steroid dienone is 1. The second kappa shape index (κ2) is 5.87. The summed E-state index contributed by atoms with van der Waals surface area (Å²) in [6.07, 6.45) is 6.78. The zero-order valence-corrected chi connectivity index (χ0v) is 10.7. The van der Waals surface area contributed by atoms with Crippen molar-refractivity contribution in [1.29, 1.82) is 0 Å². The van der Waals surface area contributed by atoms with Gasteiger partial charge in [-0.25, -0.2) is 0 Å². The van der Waals surface area contributed by atoms with E-state index in [1.165, 1.54) is 5.56 Å². The lowest BCUT2D eigenvalue weighted by Gasteiger charge is -2.29. The van der Waals surface area contributed by atoms with Gasteiger partial charge in [-0.2, -0.15) is 0 Å². The number of benzene rings is 1. The van der Waals surface area contributed by atoms with Gasteiger partial charge in [-0.15, -0.1) is 0 Å². The van der Waals surface area contributed by atoms with Gasteiger partial charge in [0.25, 0.3) is 0 Å². The lowest BCUT2D eigenvalue weighted by atomic mass is 10.1. The molecule has 1 aliphatic heterocycles. The number of hydrogen-bond acceptors (Lipinski definition) is 2. The summed E-state index contributed by atoms with van der Waals surface area (Å²) < 4.78 is 6.11. The average molecular weight is 231 g/mol. The van der Waals surface area contributed by atoms with Crippen LogP contribution in [0.25, 0.3) is 6.08 Å². The van der Waals surface area contributed by atoms with Crippen LogP contribution in [0.1, 0.15) is 25.3 Å². The van der Waals surface area contributed by atoms with Crippen molar-refractivity contribution in [3.63, 3.8) is 0 Å². The molecule has 0 unspecified atom stereocenters. The third-order valence-electron chi connectivity index (χ3n) is 3.22. The van der Waals surface area contributed by atoms with E-state index in [0.29, 0.717) is 6.10 Å². The molecule has 1 heterocycles. The monoisotopic (exact) mass is 231 g/mol. The highest BCUT2D eigenvalue weighted by Gasteiger charge is 2.18. The lowest BCUT2D eigenvalue weighted by Crippen LogP contribution is -2.35. The summed E-state index contributed by atoms with van der Waals surface area (Å²) in [6.45, 7) is 4.30. The lowest BCUT2D eigenvalue weighted by molar-refractivity contribution is 0.114. The van der Waals surface area contributed by atoms with Gasteiger partial charge in [0, 0.05) is 18.7 Å². The summed E-state index contributed by atoms with van der Waals surface area (Å²) in [6, 6.07) is 8.26. The first kappa shape index (κ1) is 12.2. The summed E-state index contributed by atoms with van der Waals surface area (Å²) in [7, 11) is 2.17. The number of nitrogens with zero attached hydrogens (tertiary/aromatic N) is 1. The Morgan fingerprint density at radius 2 is 1.94 bits per heavy atom. The highest BCUT2D eigenvalue weighted by molar-refractivity contribution is 5.56. The molecular weight excluding hydrogens is 210 g/mol. The van der Waals surface area contributed by atoms with Gasteiger partial charge in [0.2, 0.25) is 0 Å². The van der Waals surface area contributed by atoms with E-state index in [1.807, 2.05) is 13.0 Å². The van der Waals surface area contributed by atoms with E-state index in [-0.39, 0.29) is 0 Å². The van der Waals surface area contributed by atoms with Crippen molar-refractivity contribution in [3.8, 4) is 5.75 Å². The number of piperidine rings is 1. The first-order chi connectivity index (χ1) is 8.29. The molecule has 0 saturated carbocycles. The van der Waals surface area contributed by atoms with Crippen LogP contribution in [0.5, 0.6) is 5.75 Å². The molecule has 1 saturated heterocycles. The molecule has 0 aromatic heterocycles.